The number of ether oxygens (including phenoxy) is 1. The summed E-state index contributed by atoms with van der Waals surface area (Å²) in [6.45, 7) is 2.82. The monoisotopic (exact) mass is 357 g/mol. The molecule has 3 rings (SSSR count). The topological polar surface area (TPSA) is 50.5 Å². The van der Waals surface area contributed by atoms with Crippen LogP contribution in [0.2, 0.25) is 0 Å². The van der Waals surface area contributed by atoms with Gasteiger partial charge in [0.25, 0.3) is 0 Å². The van der Waals surface area contributed by atoms with Gasteiger partial charge in [-0.15, -0.1) is 0 Å². The highest BCUT2D eigenvalue weighted by atomic mass is 79.9. The largest absolute Gasteiger partial charge is 0.374 e. The molecule has 2 fully saturated rings. The number of morpholine rings is 1. The van der Waals surface area contributed by atoms with Gasteiger partial charge in [0, 0.05) is 17.1 Å². The Morgan fingerprint density at radius 3 is 3.10 bits per heavy atom. The van der Waals surface area contributed by atoms with E-state index in [4.69, 9.17) is 10.6 Å². The van der Waals surface area contributed by atoms with Crippen LogP contribution < -0.4 is 11.3 Å². The molecule has 0 aliphatic carbocycles. The minimum absolute atomic E-state index is 0.0137. The zero-order chi connectivity index (χ0) is 14.8. The molecule has 1 aromatic rings. The minimum atomic E-state index is -0.237. The highest BCUT2D eigenvalue weighted by molar-refractivity contribution is 9.10. The van der Waals surface area contributed by atoms with E-state index >= 15 is 0 Å². The summed E-state index contributed by atoms with van der Waals surface area (Å²) < 4.78 is 20.2. The fourth-order valence-corrected chi connectivity index (χ4v) is 3.88. The summed E-state index contributed by atoms with van der Waals surface area (Å²) in [5.41, 5.74) is 3.76. The summed E-state index contributed by atoms with van der Waals surface area (Å²) in [4.78, 5) is 2.49. The van der Waals surface area contributed by atoms with Crippen molar-refractivity contribution in [1.82, 2.24) is 10.3 Å². The van der Waals surface area contributed by atoms with Crippen LogP contribution in [0.4, 0.5) is 4.39 Å². The van der Waals surface area contributed by atoms with E-state index in [2.05, 4.69) is 26.3 Å². The molecule has 21 heavy (non-hydrogen) atoms. The molecule has 0 amide bonds. The van der Waals surface area contributed by atoms with E-state index in [1.807, 2.05) is 6.07 Å². The molecule has 116 valence electrons. The van der Waals surface area contributed by atoms with Crippen LogP contribution in [0.25, 0.3) is 0 Å². The number of hydrogen-bond donors (Lipinski definition) is 2. The van der Waals surface area contributed by atoms with E-state index < -0.39 is 0 Å². The first-order valence-corrected chi connectivity index (χ1v) is 8.22. The zero-order valence-electron chi connectivity index (χ0n) is 11.9. The van der Waals surface area contributed by atoms with E-state index in [0.717, 1.165) is 29.7 Å². The van der Waals surface area contributed by atoms with Crippen molar-refractivity contribution in [1.29, 1.82) is 0 Å². The number of nitrogens with two attached hydrogens (primary N) is 1. The molecule has 1 aromatic carbocycles. The molecule has 3 N–H and O–H groups in total. The number of nitrogens with zero attached hydrogens (tertiary/aromatic N) is 1. The molecule has 0 saturated carbocycles. The average Bonchev–Trinajstić information content (AvgIpc) is 2.91. The van der Waals surface area contributed by atoms with Crippen molar-refractivity contribution >= 4 is 15.9 Å². The molecule has 6 heteroatoms. The summed E-state index contributed by atoms with van der Waals surface area (Å²) in [6.07, 6.45) is 3.17. The van der Waals surface area contributed by atoms with Gasteiger partial charge in [0.1, 0.15) is 5.82 Å². The van der Waals surface area contributed by atoms with E-state index in [-0.39, 0.29) is 18.0 Å². The van der Waals surface area contributed by atoms with Gasteiger partial charge < -0.3 is 4.74 Å². The number of benzene rings is 1. The summed E-state index contributed by atoms with van der Waals surface area (Å²) in [5, 5.41) is 0. The normalized spacial score (nSPS) is 27.6. The third-order valence-corrected chi connectivity index (χ3v) is 4.91. The lowest BCUT2D eigenvalue weighted by Crippen LogP contribution is -2.56. The standard InChI is InChI=1S/C15H21BrFN3O/c16-11-4-10(5-12(17)7-11)6-14(19-18)15-8-20-3-1-2-13(20)9-21-15/h4-5,7,13-15,19H,1-3,6,8-9,18H2. The quantitative estimate of drug-likeness (QED) is 0.637. The summed E-state index contributed by atoms with van der Waals surface area (Å²) >= 11 is 3.33. The molecule has 3 atom stereocenters. The van der Waals surface area contributed by atoms with Crippen LogP contribution in [0, 0.1) is 5.82 Å². The number of rotatable bonds is 4. The first kappa shape index (κ1) is 15.4. The second-order valence-corrected chi connectivity index (χ2v) is 6.83. The average molecular weight is 358 g/mol. The van der Waals surface area contributed by atoms with Crippen molar-refractivity contribution in [3.8, 4) is 0 Å². The molecule has 2 aliphatic rings. The predicted molar refractivity (Wildman–Crippen MR) is 83.3 cm³/mol. The van der Waals surface area contributed by atoms with Crippen molar-refractivity contribution in [3.05, 3.63) is 34.1 Å². The Kier molecular flexibility index (Phi) is 4.91. The van der Waals surface area contributed by atoms with Gasteiger partial charge in [0.2, 0.25) is 0 Å². The van der Waals surface area contributed by atoms with Crippen molar-refractivity contribution in [2.75, 3.05) is 19.7 Å². The highest BCUT2D eigenvalue weighted by Gasteiger charge is 2.35. The van der Waals surface area contributed by atoms with Crippen molar-refractivity contribution in [2.45, 2.75) is 37.5 Å². The Morgan fingerprint density at radius 1 is 1.48 bits per heavy atom. The van der Waals surface area contributed by atoms with E-state index in [0.29, 0.717) is 12.5 Å². The van der Waals surface area contributed by atoms with Gasteiger partial charge in [0.05, 0.1) is 18.8 Å². The summed E-state index contributed by atoms with van der Waals surface area (Å²) in [6, 6.07) is 5.49. The molecule has 0 spiro atoms. The summed E-state index contributed by atoms with van der Waals surface area (Å²) in [5.74, 6) is 5.47. The number of halogens is 2. The SMILES string of the molecule is NNC(Cc1cc(F)cc(Br)c1)C1CN2CCCC2CO1. The zero-order valence-corrected chi connectivity index (χ0v) is 13.5. The fraction of sp³-hybridized carbons (Fsp3) is 0.600. The molecule has 2 heterocycles. The van der Waals surface area contributed by atoms with Gasteiger partial charge in [-0.3, -0.25) is 16.2 Å². The predicted octanol–water partition coefficient (Wildman–Crippen LogP) is 1.83. The van der Waals surface area contributed by atoms with Gasteiger partial charge in [0.15, 0.2) is 0 Å². The number of fused-ring (bicyclic) bond motifs is 1. The molecule has 2 aliphatic heterocycles. The molecule has 3 unspecified atom stereocenters. The molecule has 4 nitrogen and oxygen atoms in total. The lowest BCUT2D eigenvalue weighted by Gasteiger charge is -2.38. The molecular weight excluding hydrogens is 337 g/mol. The Labute approximate surface area is 132 Å². The maximum absolute atomic E-state index is 13.5. The maximum Gasteiger partial charge on any atom is 0.124 e. The van der Waals surface area contributed by atoms with Crippen molar-refractivity contribution in [3.63, 3.8) is 0 Å². The third-order valence-electron chi connectivity index (χ3n) is 4.46. The second kappa shape index (κ2) is 6.71. The molecule has 0 aromatic heterocycles. The van der Waals surface area contributed by atoms with Crippen LogP contribution >= 0.6 is 15.9 Å². The van der Waals surface area contributed by atoms with Gasteiger partial charge in [-0.25, -0.2) is 4.39 Å². The van der Waals surface area contributed by atoms with Crippen molar-refractivity contribution < 1.29 is 9.13 Å². The Hall–Kier alpha value is -0.530. The molecule has 0 radical (unpaired) electrons. The van der Waals surface area contributed by atoms with E-state index in [9.17, 15) is 4.39 Å². The lowest BCUT2D eigenvalue weighted by atomic mass is 10.00. The van der Waals surface area contributed by atoms with Gasteiger partial charge in [-0.2, -0.15) is 0 Å². The fourth-order valence-electron chi connectivity index (χ4n) is 3.37. The minimum Gasteiger partial charge on any atom is -0.374 e. The maximum atomic E-state index is 13.5. The van der Waals surface area contributed by atoms with Crippen molar-refractivity contribution in [2.24, 2.45) is 5.84 Å². The Balaban J connectivity index is 1.67. The lowest BCUT2D eigenvalue weighted by molar-refractivity contribution is -0.0644. The first-order valence-electron chi connectivity index (χ1n) is 7.42. The number of nitrogens with one attached hydrogen (secondary N) is 1. The van der Waals surface area contributed by atoms with E-state index in [1.54, 1.807) is 6.07 Å². The van der Waals surface area contributed by atoms with Gasteiger partial charge in [-0.05, 0) is 49.6 Å². The highest BCUT2D eigenvalue weighted by Crippen LogP contribution is 2.25. The number of hydrogen-bond acceptors (Lipinski definition) is 4. The third kappa shape index (κ3) is 3.63. The van der Waals surface area contributed by atoms with Gasteiger partial charge in [-0.1, -0.05) is 15.9 Å². The van der Waals surface area contributed by atoms with E-state index in [1.165, 1.54) is 18.9 Å². The van der Waals surface area contributed by atoms with Crippen LogP contribution in [-0.4, -0.2) is 42.8 Å². The van der Waals surface area contributed by atoms with Crippen LogP contribution in [0.5, 0.6) is 0 Å². The first-order chi connectivity index (χ1) is 10.2. The smallest absolute Gasteiger partial charge is 0.124 e. The molecule has 2 saturated heterocycles. The van der Waals surface area contributed by atoms with Crippen LogP contribution in [0.3, 0.4) is 0 Å². The van der Waals surface area contributed by atoms with Crippen LogP contribution in [0.15, 0.2) is 22.7 Å². The summed E-state index contributed by atoms with van der Waals surface area (Å²) in [7, 11) is 0. The van der Waals surface area contributed by atoms with Gasteiger partial charge >= 0.3 is 0 Å². The van der Waals surface area contributed by atoms with Crippen LogP contribution in [-0.2, 0) is 11.2 Å². The Bertz CT molecular complexity index is 482. The Morgan fingerprint density at radius 2 is 2.33 bits per heavy atom. The molecule has 0 bridgehead atoms. The second-order valence-electron chi connectivity index (χ2n) is 5.92. The molecular formula is C15H21BrFN3O. The number of hydrazine groups is 1. The van der Waals surface area contributed by atoms with Crippen LogP contribution in [0.1, 0.15) is 18.4 Å².